The lowest BCUT2D eigenvalue weighted by Gasteiger charge is -2.34. The second-order valence-corrected chi connectivity index (χ2v) is 5.82. The van der Waals surface area contributed by atoms with Gasteiger partial charge in [0, 0.05) is 45.6 Å². The summed E-state index contributed by atoms with van der Waals surface area (Å²) in [5.74, 6) is -0.324. The van der Waals surface area contributed by atoms with E-state index in [2.05, 4.69) is 15.1 Å². The number of aromatic nitrogens is 5. The average Bonchev–Trinajstić information content (AvgIpc) is 2.85. The third kappa shape index (κ3) is 3.41. The number of piperazine rings is 1. The molecule has 0 radical (unpaired) electrons. The summed E-state index contributed by atoms with van der Waals surface area (Å²) >= 11 is 5.06. The molecule has 0 unspecified atom stereocenters. The van der Waals surface area contributed by atoms with Gasteiger partial charge in [-0.25, -0.2) is 14.6 Å². The first-order valence-electron chi connectivity index (χ1n) is 7.31. The minimum Gasteiger partial charge on any atom is -0.338 e. The molecule has 1 fully saturated rings. The van der Waals surface area contributed by atoms with Gasteiger partial charge in [-0.3, -0.25) is 9.47 Å². The molecular formula is C13H16F3N7S. The van der Waals surface area contributed by atoms with E-state index in [1.807, 2.05) is 9.80 Å². The Balaban J connectivity index is 1.66. The summed E-state index contributed by atoms with van der Waals surface area (Å²) in [6, 6.07) is 1.75. The van der Waals surface area contributed by atoms with E-state index in [1.165, 1.54) is 11.7 Å². The Morgan fingerprint density at radius 3 is 2.29 bits per heavy atom. The highest BCUT2D eigenvalue weighted by atomic mass is 32.1. The molecule has 0 atom stereocenters. The molecule has 130 valence electrons. The van der Waals surface area contributed by atoms with Crippen LogP contribution in [0, 0.1) is 4.77 Å². The Bertz CT molecular complexity index is 747. The summed E-state index contributed by atoms with van der Waals surface area (Å²) in [5.41, 5.74) is 0. The monoisotopic (exact) mass is 359 g/mol. The second-order valence-electron chi connectivity index (χ2n) is 5.46. The van der Waals surface area contributed by atoms with Crippen molar-refractivity contribution in [1.29, 1.82) is 0 Å². The van der Waals surface area contributed by atoms with Crippen molar-refractivity contribution in [3.63, 3.8) is 0 Å². The van der Waals surface area contributed by atoms with E-state index in [-0.39, 0.29) is 11.4 Å². The molecule has 11 heteroatoms. The Morgan fingerprint density at radius 2 is 1.75 bits per heavy atom. The van der Waals surface area contributed by atoms with Gasteiger partial charge in [-0.05, 0) is 18.3 Å². The molecule has 24 heavy (non-hydrogen) atoms. The maximum absolute atomic E-state index is 12.9. The van der Waals surface area contributed by atoms with Crippen LogP contribution in [0.25, 0.3) is 0 Å². The first-order valence-corrected chi connectivity index (χ1v) is 7.72. The van der Waals surface area contributed by atoms with E-state index in [0.717, 1.165) is 4.57 Å². The summed E-state index contributed by atoms with van der Waals surface area (Å²) in [4.78, 5) is 12.4. The zero-order chi connectivity index (χ0) is 17.3. The third-order valence-electron chi connectivity index (χ3n) is 3.84. The zero-order valence-corrected chi connectivity index (χ0v) is 13.8. The van der Waals surface area contributed by atoms with Crippen LogP contribution in [0.15, 0.2) is 18.5 Å². The maximum atomic E-state index is 12.9. The van der Waals surface area contributed by atoms with Gasteiger partial charge in [-0.1, -0.05) is 0 Å². The molecule has 0 saturated carbocycles. The van der Waals surface area contributed by atoms with Crippen LogP contribution in [0.4, 0.5) is 19.1 Å². The molecule has 0 aromatic carbocycles. The quantitative estimate of drug-likeness (QED) is 0.775. The molecule has 1 saturated heterocycles. The molecule has 7 nitrogen and oxygen atoms in total. The summed E-state index contributed by atoms with van der Waals surface area (Å²) in [6.45, 7) is 2.94. The maximum Gasteiger partial charge on any atom is 0.451 e. The predicted octanol–water partition coefficient (Wildman–Crippen LogP) is 1.54. The SMILES string of the molecule is Cn1c(C(F)(F)F)nn(CN2CCN(c3ncccn3)CC2)c1=S. The van der Waals surface area contributed by atoms with Crippen molar-refractivity contribution in [3.8, 4) is 0 Å². The lowest BCUT2D eigenvalue weighted by molar-refractivity contribution is -0.147. The fraction of sp³-hybridized carbons (Fsp3) is 0.538. The molecule has 0 N–H and O–H groups in total. The first-order chi connectivity index (χ1) is 11.4. The molecular weight excluding hydrogens is 343 g/mol. The second kappa shape index (κ2) is 6.48. The van der Waals surface area contributed by atoms with Crippen molar-refractivity contribution in [3.05, 3.63) is 29.1 Å². The van der Waals surface area contributed by atoms with Gasteiger partial charge in [-0.15, -0.1) is 5.10 Å². The lowest BCUT2D eigenvalue weighted by Crippen LogP contribution is -2.47. The summed E-state index contributed by atoms with van der Waals surface area (Å²) in [6.07, 6.45) is -1.15. The Hall–Kier alpha value is -2.01. The highest BCUT2D eigenvalue weighted by Crippen LogP contribution is 2.27. The van der Waals surface area contributed by atoms with E-state index in [1.54, 1.807) is 18.5 Å². The number of anilines is 1. The van der Waals surface area contributed by atoms with Crippen molar-refractivity contribution in [2.24, 2.45) is 7.05 Å². The fourth-order valence-corrected chi connectivity index (χ4v) is 2.75. The van der Waals surface area contributed by atoms with Crippen LogP contribution in [0.1, 0.15) is 5.82 Å². The number of halogens is 3. The van der Waals surface area contributed by atoms with Crippen molar-refractivity contribution in [2.75, 3.05) is 31.1 Å². The number of nitrogens with zero attached hydrogens (tertiary/aromatic N) is 7. The van der Waals surface area contributed by atoms with Crippen LogP contribution in [0.5, 0.6) is 0 Å². The Morgan fingerprint density at radius 1 is 1.12 bits per heavy atom. The van der Waals surface area contributed by atoms with Crippen molar-refractivity contribution < 1.29 is 13.2 Å². The van der Waals surface area contributed by atoms with Crippen LogP contribution in [-0.4, -0.2) is 55.4 Å². The van der Waals surface area contributed by atoms with E-state index in [9.17, 15) is 13.2 Å². The summed E-state index contributed by atoms with van der Waals surface area (Å²) in [5, 5.41) is 3.62. The fourth-order valence-electron chi connectivity index (χ4n) is 2.56. The third-order valence-corrected chi connectivity index (χ3v) is 4.32. The van der Waals surface area contributed by atoms with E-state index >= 15 is 0 Å². The molecule has 3 rings (SSSR count). The lowest BCUT2D eigenvalue weighted by atomic mass is 10.3. The van der Waals surface area contributed by atoms with Crippen LogP contribution >= 0.6 is 12.2 Å². The van der Waals surface area contributed by atoms with Gasteiger partial charge in [0.1, 0.15) is 0 Å². The molecule has 0 amide bonds. The minimum atomic E-state index is -4.52. The van der Waals surface area contributed by atoms with Gasteiger partial charge in [-0.2, -0.15) is 13.2 Å². The molecule has 3 heterocycles. The van der Waals surface area contributed by atoms with Crippen molar-refractivity contribution in [1.82, 2.24) is 29.2 Å². The summed E-state index contributed by atoms with van der Waals surface area (Å²) in [7, 11) is 1.28. The molecule has 0 spiro atoms. The number of alkyl halides is 3. The van der Waals surface area contributed by atoms with E-state index < -0.39 is 12.0 Å². The van der Waals surface area contributed by atoms with Gasteiger partial charge in [0.25, 0.3) is 0 Å². The average molecular weight is 359 g/mol. The smallest absolute Gasteiger partial charge is 0.338 e. The molecule has 1 aliphatic rings. The van der Waals surface area contributed by atoms with Crippen LogP contribution in [0.3, 0.4) is 0 Å². The van der Waals surface area contributed by atoms with Gasteiger partial charge in [0.2, 0.25) is 11.8 Å². The highest BCUT2D eigenvalue weighted by Gasteiger charge is 2.37. The molecule has 0 aliphatic carbocycles. The van der Waals surface area contributed by atoms with E-state index in [0.29, 0.717) is 32.1 Å². The highest BCUT2D eigenvalue weighted by molar-refractivity contribution is 7.71. The van der Waals surface area contributed by atoms with Gasteiger partial charge in [0.15, 0.2) is 4.77 Å². The van der Waals surface area contributed by atoms with Crippen LogP contribution < -0.4 is 4.90 Å². The Labute approximate surface area is 141 Å². The predicted molar refractivity (Wildman–Crippen MR) is 82.9 cm³/mol. The normalized spacial score (nSPS) is 16.6. The van der Waals surface area contributed by atoms with Crippen LogP contribution in [-0.2, 0) is 19.9 Å². The van der Waals surface area contributed by atoms with Crippen LogP contribution in [0.2, 0.25) is 0 Å². The van der Waals surface area contributed by atoms with Gasteiger partial charge < -0.3 is 4.90 Å². The van der Waals surface area contributed by atoms with Gasteiger partial charge >= 0.3 is 6.18 Å². The number of hydrogen-bond acceptors (Lipinski definition) is 6. The zero-order valence-electron chi connectivity index (χ0n) is 12.9. The van der Waals surface area contributed by atoms with Gasteiger partial charge in [0.05, 0.1) is 6.67 Å². The van der Waals surface area contributed by atoms with Crippen molar-refractivity contribution >= 4 is 18.2 Å². The summed E-state index contributed by atoms with van der Waals surface area (Å²) < 4.78 is 40.8. The van der Waals surface area contributed by atoms with E-state index in [4.69, 9.17) is 12.2 Å². The van der Waals surface area contributed by atoms with Crippen molar-refractivity contribution in [2.45, 2.75) is 12.8 Å². The Kier molecular flexibility index (Phi) is 4.54. The molecule has 2 aromatic rings. The number of hydrogen-bond donors (Lipinski definition) is 0. The molecule has 1 aliphatic heterocycles. The first kappa shape index (κ1) is 16.8. The number of rotatable bonds is 3. The molecule has 2 aromatic heterocycles. The minimum absolute atomic E-state index is 0.0520. The standard InChI is InChI=1S/C13H16F3N7S/c1-20-10(13(14,15)16)19-23(12(20)24)9-21-5-7-22(8-6-21)11-17-3-2-4-18-11/h2-4H,5-9H2,1H3. The topological polar surface area (TPSA) is 55.0 Å². The largest absolute Gasteiger partial charge is 0.451 e. The molecule has 0 bridgehead atoms.